The molecule has 0 atom stereocenters. The minimum absolute atomic E-state index is 0.130. The van der Waals surface area contributed by atoms with E-state index < -0.39 is 15.6 Å². The van der Waals surface area contributed by atoms with Crippen LogP contribution in [0.5, 0.6) is 5.75 Å². The lowest BCUT2D eigenvalue weighted by molar-refractivity contribution is 0.0987. The van der Waals surface area contributed by atoms with E-state index in [4.69, 9.17) is 4.84 Å². The van der Waals surface area contributed by atoms with Crippen molar-refractivity contribution in [2.75, 3.05) is 12.9 Å². The fourth-order valence-electron chi connectivity index (χ4n) is 4.52. The van der Waals surface area contributed by atoms with Gasteiger partial charge in [0, 0.05) is 23.2 Å². The Bertz CT molecular complexity index is 1500. The van der Waals surface area contributed by atoms with Crippen molar-refractivity contribution >= 4 is 27.1 Å². The summed E-state index contributed by atoms with van der Waals surface area (Å²) < 4.78 is 27.1. The summed E-state index contributed by atoms with van der Waals surface area (Å²) in [6.45, 7) is 5.40. The molecular formula is C26H27N3O6S. The molecule has 4 rings (SSSR count). The SMILES string of the molecule is CCn1nc(C(=O)c2cc(C)c3c(c2C)C(NOC)=CCS3(=O)=O)c(O)c1CC(=O)c1ccccc1. The second kappa shape index (κ2) is 9.71. The monoisotopic (exact) mass is 509 g/mol. The van der Waals surface area contributed by atoms with Crippen LogP contribution >= 0.6 is 0 Å². The number of carbonyl (C=O) groups excluding carboxylic acids is 2. The van der Waals surface area contributed by atoms with Gasteiger partial charge in [0.15, 0.2) is 27.1 Å². The summed E-state index contributed by atoms with van der Waals surface area (Å²) in [5.74, 6) is -1.35. The van der Waals surface area contributed by atoms with Gasteiger partial charge in [-0.05, 0) is 44.0 Å². The van der Waals surface area contributed by atoms with E-state index in [2.05, 4.69) is 10.6 Å². The van der Waals surface area contributed by atoms with Gasteiger partial charge >= 0.3 is 0 Å². The lowest BCUT2D eigenvalue weighted by Crippen LogP contribution is -2.23. The van der Waals surface area contributed by atoms with Crippen LogP contribution in [0, 0.1) is 13.8 Å². The number of aromatic nitrogens is 2. The maximum Gasteiger partial charge on any atom is 0.217 e. The number of hydrogen-bond acceptors (Lipinski definition) is 8. The topological polar surface area (TPSA) is 128 Å². The predicted molar refractivity (Wildman–Crippen MR) is 134 cm³/mol. The fraction of sp³-hybridized carbons (Fsp3) is 0.269. The van der Waals surface area contributed by atoms with Gasteiger partial charge in [0.2, 0.25) is 5.78 Å². The smallest absolute Gasteiger partial charge is 0.217 e. The van der Waals surface area contributed by atoms with Crippen LogP contribution in [0.15, 0.2) is 47.4 Å². The Hall–Kier alpha value is -3.76. The molecule has 3 aromatic rings. The third kappa shape index (κ3) is 4.33. The predicted octanol–water partition coefficient (Wildman–Crippen LogP) is 3.16. The van der Waals surface area contributed by atoms with Crippen molar-refractivity contribution in [3.8, 4) is 5.75 Å². The molecule has 0 unspecified atom stereocenters. The first-order valence-corrected chi connectivity index (χ1v) is 13.0. The molecule has 10 heteroatoms. The highest BCUT2D eigenvalue weighted by Gasteiger charge is 2.33. The standard InChI is InChI=1S/C26H27N3O6S/c1-5-29-20(14-21(30)17-9-7-6-8-10-17)25(32)23(27-29)24(31)18-13-15(2)26-22(16(18)3)19(28-35-4)11-12-36(26,33)34/h6-11,13,28,32H,5,12,14H2,1-4H3. The Morgan fingerprint density at radius 2 is 1.89 bits per heavy atom. The molecule has 0 aliphatic carbocycles. The van der Waals surface area contributed by atoms with Crippen molar-refractivity contribution in [1.82, 2.24) is 15.3 Å². The molecule has 2 aromatic carbocycles. The lowest BCUT2D eigenvalue weighted by Gasteiger charge is -2.24. The molecule has 0 amide bonds. The molecule has 36 heavy (non-hydrogen) atoms. The van der Waals surface area contributed by atoms with E-state index in [1.54, 1.807) is 51.1 Å². The molecule has 2 heterocycles. The average Bonchev–Trinajstić information content (AvgIpc) is 3.17. The number of carbonyl (C=O) groups is 2. The highest BCUT2D eigenvalue weighted by atomic mass is 32.2. The molecule has 1 aliphatic heterocycles. The maximum atomic E-state index is 13.6. The summed E-state index contributed by atoms with van der Waals surface area (Å²) in [6, 6.07) is 10.2. The van der Waals surface area contributed by atoms with Crippen LogP contribution in [-0.4, -0.2) is 47.7 Å². The Labute approximate surface area is 209 Å². The number of hydrogen-bond donors (Lipinski definition) is 2. The van der Waals surface area contributed by atoms with Crippen LogP contribution in [-0.2, 0) is 27.6 Å². The van der Waals surface area contributed by atoms with Gasteiger partial charge in [0.05, 0.1) is 35.6 Å². The number of fused-ring (bicyclic) bond motifs is 1. The number of benzene rings is 2. The second-order valence-electron chi connectivity index (χ2n) is 8.53. The lowest BCUT2D eigenvalue weighted by atomic mass is 9.93. The number of rotatable bonds is 8. The van der Waals surface area contributed by atoms with Crippen molar-refractivity contribution in [2.45, 2.75) is 38.6 Å². The van der Waals surface area contributed by atoms with Gasteiger partial charge in [-0.25, -0.2) is 8.42 Å². The molecular weight excluding hydrogens is 482 g/mol. The Morgan fingerprint density at radius 3 is 2.53 bits per heavy atom. The average molecular weight is 510 g/mol. The number of hydroxylamine groups is 1. The Kier molecular flexibility index (Phi) is 6.83. The maximum absolute atomic E-state index is 13.6. The van der Waals surface area contributed by atoms with Crippen molar-refractivity contribution in [1.29, 1.82) is 0 Å². The zero-order chi connectivity index (χ0) is 26.2. The van der Waals surface area contributed by atoms with Crippen molar-refractivity contribution in [3.63, 3.8) is 0 Å². The summed E-state index contributed by atoms with van der Waals surface area (Å²) in [7, 11) is -2.19. The molecule has 0 saturated heterocycles. The van der Waals surface area contributed by atoms with Gasteiger partial charge in [-0.15, -0.1) is 0 Å². The zero-order valence-electron chi connectivity index (χ0n) is 20.5. The van der Waals surface area contributed by atoms with Crippen molar-refractivity contribution < 1.29 is 28.0 Å². The number of aryl methyl sites for hydroxylation is 2. The number of nitrogens with zero attached hydrogens (tertiary/aromatic N) is 2. The van der Waals surface area contributed by atoms with Gasteiger partial charge in [-0.3, -0.25) is 24.6 Å². The molecule has 0 bridgehead atoms. The quantitative estimate of drug-likeness (QED) is 0.350. The van der Waals surface area contributed by atoms with Gasteiger partial charge in [-0.1, -0.05) is 30.3 Å². The highest BCUT2D eigenvalue weighted by Crippen LogP contribution is 2.37. The third-order valence-electron chi connectivity index (χ3n) is 6.24. The molecule has 1 aromatic heterocycles. The first-order valence-electron chi connectivity index (χ1n) is 11.4. The van der Waals surface area contributed by atoms with Gasteiger partial charge < -0.3 is 5.11 Å². The normalized spacial score (nSPS) is 14.2. The number of ketones is 2. The van der Waals surface area contributed by atoms with Gasteiger partial charge in [-0.2, -0.15) is 5.10 Å². The van der Waals surface area contributed by atoms with E-state index in [9.17, 15) is 23.1 Å². The number of nitrogens with one attached hydrogen (secondary N) is 1. The molecule has 0 radical (unpaired) electrons. The third-order valence-corrected chi connectivity index (χ3v) is 7.99. The van der Waals surface area contributed by atoms with E-state index in [1.165, 1.54) is 23.9 Å². The number of Topliss-reactive ketones (excluding diaryl/α,β-unsaturated/α-hetero) is 1. The highest BCUT2D eigenvalue weighted by molar-refractivity contribution is 7.91. The zero-order valence-corrected chi connectivity index (χ0v) is 21.3. The number of aromatic hydroxyl groups is 1. The molecule has 0 spiro atoms. The molecule has 0 saturated carbocycles. The summed E-state index contributed by atoms with van der Waals surface area (Å²) in [6.07, 6.45) is 1.37. The van der Waals surface area contributed by atoms with Crippen LogP contribution < -0.4 is 5.48 Å². The van der Waals surface area contributed by atoms with Crippen LogP contribution in [0.25, 0.3) is 5.70 Å². The minimum Gasteiger partial charge on any atom is -0.504 e. The minimum atomic E-state index is -3.60. The molecule has 1 aliphatic rings. The second-order valence-corrected chi connectivity index (χ2v) is 10.5. The van der Waals surface area contributed by atoms with E-state index >= 15 is 0 Å². The van der Waals surface area contributed by atoms with Crippen LogP contribution in [0.4, 0.5) is 0 Å². The first-order chi connectivity index (χ1) is 17.1. The summed E-state index contributed by atoms with van der Waals surface area (Å²) >= 11 is 0. The summed E-state index contributed by atoms with van der Waals surface area (Å²) in [5, 5.41) is 15.3. The van der Waals surface area contributed by atoms with Crippen molar-refractivity contribution in [2.24, 2.45) is 0 Å². The molecule has 9 nitrogen and oxygen atoms in total. The molecule has 0 fully saturated rings. The summed E-state index contributed by atoms with van der Waals surface area (Å²) in [5.41, 5.74) is 5.03. The number of sulfone groups is 1. The van der Waals surface area contributed by atoms with Crippen LogP contribution in [0.2, 0.25) is 0 Å². The van der Waals surface area contributed by atoms with E-state index in [0.29, 0.717) is 34.5 Å². The Balaban J connectivity index is 1.80. The Morgan fingerprint density at radius 1 is 1.19 bits per heavy atom. The van der Waals surface area contributed by atoms with Crippen LogP contribution in [0.1, 0.15) is 55.7 Å². The molecule has 188 valence electrons. The van der Waals surface area contributed by atoms with E-state index in [0.717, 1.165) is 0 Å². The first kappa shape index (κ1) is 25.3. The van der Waals surface area contributed by atoms with E-state index in [-0.39, 0.29) is 45.6 Å². The fourth-order valence-corrected chi connectivity index (χ4v) is 6.19. The molecule has 2 N–H and O–H groups in total. The van der Waals surface area contributed by atoms with Gasteiger partial charge in [0.25, 0.3) is 0 Å². The van der Waals surface area contributed by atoms with E-state index in [1.807, 2.05) is 0 Å². The summed E-state index contributed by atoms with van der Waals surface area (Å²) in [4.78, 5) is 31.6. The van der Waals surface area contributed by atoms with Crippen molar-refractivity contribution in [3.05, 3.63) is 81.7 Å². The van der Waals surface area contributed by atoms with Crippen LogP contribution in [0.3, 0.4) is 0 Å². The largest absolute Gasteiger partial charge is 0.504 e. The van der Waals surface area contributed by atoms with Gasteiger partial charge in [0.1, 0.15) is 0 Å².